The van der Waals surface area contributed by atoms with Gasteiger partial charge in [-0.3, -0.25) is 9.69 Å². The van der Waals surface area contributed by atoms with E-state index in [-0.39, 0.29) is 12.5 Å². The van der Waals surface area contributed by atoms with Crippen molar-refractivity contribution in [2.24, 2.45) is 0 Å². The number of nitrogens with zero attached hydrogens (tertiary/aromatic N) is 2. The summed E-state index contributed by atoms with van der Waals surface area (Å²) in [4.78, 5) is 26.3. The molecule has 1 N–H and O–H groups in total. The van der Waals surface area contributed by atoms with Gasteiger partial charge in [-0.05, 0) is 20.8 Å². The van der Waals surface area contributed by atoms with Gasteiger partial charge in [0, 0.05) is 26.6 Å². The molecule has 1 aliphatic rings. The van der Waals surface area contributed by atoms with Crippen LogP contribution in [0.3, 0.4) is 0 Å². The van der Waals surface area contributed by atoms with Gasteiger partial charge in [-0.2, -0.15) is 0 Å². The summed E-state index contributed by atoms with van der Waals surface area (Å²) in [6.45, 7) is 11.9. The van der Waals surface area contributed by atoms with Crippen molar-refractivity contribution in [1.29, 1.82) is 0 Å². The number of aliphatic hydroxyl groups excluding tert-OH is 1. The molecule has 0 bridgehead atoms. The Kier molecular flexibility index (Phi) is 7.57. The van der Waals surface area contributed by atoms with Gasteiger partial charge >= 0.3 is 6.09 Å². The number of hydrogen-bond donors (Lipinski definition) is 1. The highest BCUT2D eigenvalue weighted by Crippen LogP contribution is 2.15. The topological polar surface area (TPSA) is 70.1 Å². The van der Waals surface area contributed by atoms with Gasteiger partial charge in [0.2, 0.25) is 5.91 Å². The second kappa shape index (κ2) is 8.09. The van der Waals surface area contributed by atoms with Gasteiger partial charge in [0.25, 0.3) is 0 Å². The summed E-state index contributed by atoms with van der Waals surface area (Å²) in [6.07, 6.45) is -0.440. The van der Waals surface area contributed by atoms with Crippen LogP contribution in [0.5, 0.6) is 0 Å². The number of hydrogen-bond acceptors (Lipinski definition) is 4. The molecule has 0 radical (unpaired) electrons. The molecule has 0 spiro atoms. The monoisotopic (exact) mass is 288 g/mol. The zero-order chi connectivity index (χ0) is 15.9. The van der Waals surface area contributed by atoms with E-state index < -0.39 is 17.7 Å². The Morgan fingerprint density at radius 2 is 1.80 bits per heavy atom. The van der Waals surface area contributed by atoms with Gasteiger partial charge in [-0.15, -0.1) is 0 Å². The number of carbonyl (C=O) groups excluding carboxylic acids is 2. The van der Waals surface area contributed by atoms with Crippen molar-refractivity contribution < 1.29 is 19.4 Å². The van der Waals surface area contributed by atoms with Crippen LogP contribution >= 0.6 is 0 Å². The third-order valence-corrected chi connectivity index (χ3v) is 2.77. The van der Waals surface area contributed by atoms with Crippen molar-refractivity contribution >= 4 is 12.0 Å². The first-order chi connectivity index (χ1) is 9.24. The zero-order valence-electron chi connectivity index (χ0n) is 13.5. The van der Waals surface area contributed by atoms with Gasteiger partial charge in [0.1, 0.15) is 5.60 Å². The first-order valence-corrected chi connectivity index (χ1v) is 7.10. The summed E-state index contributed by atoms with van der Waals surface area (Å²) in [5.41, 5.74) is -0.561. The number of amides is 2. The van der Waals surface area contributed by atoms with Crippen LogP contribution in [-0.2, 0) is 9.53 Å². The maximum atomic E-state index is 11.9. The Hall–Kier alpha value is -1.30. The molecule has 20 heavy (non-hydrogen) atoms. The van der Waals surface area contributed by atoms with Gasteiger partial charge < -0.3 is 14.7 Å². The number of aliphatic hydroxyl groups is 1. The Morgan fingerprint density at radius 3 is 2.20 bits per heavy atom. The molecule has 1 atom stereocenters. The first-order valence-electron chi connectivity index (χ1n) is 7.10. The van der Waals surface area contributed by atoms with E-state index in [0.29, 0.717) is 19.6 Å². The average Bonchev–Trinajstić information content (AvgIpc) is 2.38. The van der Waals surface area contributed by atoms with Gasteiger partial charge in [0.05, 0.1) is 12.6 Å². The molecule has 1 unspecified atom stereocenters. The van der Waals surface area contributed by atoms with E-state index in [9.17, 15) is 14.7 Å². The molecule has 2 amide bonds. The van der Waals surface area contributed by atoms with Gasteiger partial charge in [0.15, 0.2) is 0 Å². The maximum Gasteiger partial charge on any atom is 0.410 e. The molecule has 1 fully saturated rings. The van der Waals surface area contributed by atoms with E-state index in [0.717, 1.165) is 0 Å². The smallest absolute Gasteiger partial charge is 0.410 e. The number of ether oxygens (including phenoxy) is 1. The summed E-state index contributed by atoms with van der Waals surface area (Å²) in [5, 5.41) is 9.32. The summed E-state index contributed by atoms with van der Waals surface area (Å²) in [5.74, 6) is -0.0442. The Balaban J connectivity index is 0.00000172. The molecule has 0 aromatic rings. The van der Waals surface area contributed by atoms with E-state index in [1.54, 1.807) is 25.7 Å². The minimum absolute atomic E-state index is 0.0442. The van der Waals surface area contributed by atoms with Crippen LogP contribution in [0.4, 0.5) is 4.79 Å². The minimum atomic E-state index is -0.561. The lowest BCUT2D eigenvalue weighted by molar-refractivity contribution is -0.132. The minimum Gasteiger partial charge on any atom is -0.444 e. The van der Waals surface area contributed by atoms with E-state index in [1.165, 1.54) is 11.8 Å². The van der Waals surface area contributed by atoms with Crippen LogP contribution in [0.1, 0.15) is 41.5 Å². The molecule has 1 heterocycles. The van der Waals surface area contributed by atoms with Crippen molar-refractivity contribution in [2.45, 2.75) is 53.2 Å². The summed E-state index contributed by atoms with van der Waals surface area (Å²) >= 11 is 0. The van der Waals surface area contributed by atoms with Crippen molar-refractivity contribution in [3.63, 3.8) is 0 Å². The van der Waals surface area contributed by atoms with Gasteiger partial charge in [-0.25, -0.2) is 4.79 Å². The molecule has 6 nitrogen and oxygen atoms in total. The normalized spacial score (nSPS) is 19.1. The molecule has 118 valence electrons. The fourth-order valence-corrected chi connectivity index (χ4v) is 1.86. The molecule has 6 heteroatoms. The maximum absolute atomic E-state index is 11.9. The fraction of sp³-hybridized carbons (Fsp3) is 0.857. The zero-order valence-corrected chi connectivity index (χ0v) is 13.5. The van der Waals surface area contributed by atoms with E-state index in [1.807, 2.05) is 13.8 Å². The number of rotatable bonds is 1. The van der Waals surface area contributed by atoms with Crippen LogP contribution < -0.4 is 0 Å². The lowest BCUT2D eigenvalue weighted by atomic mass is 10.1. The fourth-order valence-electron chi connectivity index (χ4n) is 1.86. The Bertz CT molecular complexity index is 326. The largest absolute Gasteiger partial charge is 0.444 e. The highest BCUT2D eigenvalue weighted by atomic mass is 16.6. The molecular formula is C14H28N2O4. The lowest BCUT2D eigenvalue weighted by Gasteiger charge is -2.40. The van der Waals surface area contributed by atoms with E-state index in [2.05, 4.69) is 0 Å². The molecule has 0 aromatic carbocycles. The molecule has 1 saturated heterocycles. The summed E-state index contributed by atoms with van der Waals surface area (Å²) < 4.78 is 5.28. The van der Waals surface area contributed by atoms with Crippen molar-refractivity contribution in [1.82, 2.24) is 9.80 Å². The van der Waals surface area contributed by atoms with E-state index in [4.69, 9.17) is 4.74 Å². The second-order valence-corrected chi connectivity index (χ2v) is 5.48. The summed E-state index contributed by atoms with van der Waals surface area (Å²) in [7, 11) is 0. The predicted octanol–water partition coefficient (Wildman–Crippen LogP) is 1.47. The molecule has 0 saturated carbocycles. The average molecular weight is 288 g/mol. The molecule has 0 aromatic heterocycles. The molecule has 0 aliphatic carbocycles. The third-order valence-electron chi connectivity index (χ3n) is 2.77. The van der Waals surface area contributed by atoms with Gasteiger partial charge in [-0.1, -0.05) is 13.8 Å². The van der Waals surface area contributed by atoms with Crippen molar-refractivity contribution in [2.75, 3.05) is 26.2 Å². The van der Waals surface area contributed by atoms with Crippen LogP contribution in [0.25, 0.3) is 0 Å². The highest BCUT2D eigenvalue weighted by Gasteiger charge is 2.33. The first kappa shape index (κ1) is 18.7. The van der Waals surface area contributed by atoms with Crippen molar-refractivity contribution in [3.8, 4) is 0 Å². The molecular weight excluding hydrogens is 260 g/mol. The van der Waals surface area contributed by atoms with Crippen LogP contribution in [-0.4, -0.2) is 64.8 Å². The Morgan fingerprint density at radius 1 is 1.25 bits per heavy atom. The standard InChI is InChI=1S/C12H22N2O4.C2H6/c1-9(16)13-5-6-14(10(7-13)8-15)11(17)18-12(2,3)4;1-2/h10,15H,5-8H2,1-4H3;1-2H3. The lowest BCUT2D eigenvalue weighted by Crippen LogP contribution is -2.58. The second-order valence-electron chi connectivity index (χ2n) is 5.48. The summed E-state index contributed by atoms with van der Waals surface area (Å²) in [6, 6.07) is -0.391. The third kappa shape index (κ3) is 5.77. The number of carbonyl (C=O) groups is 2. The number of piperazine rings is 1. The quantitative estimate of drug-likeness (QED) is 0.793. The van der Waals surface area contributed by atoms with Crippen LogP contribution in [0, 0.1) is 0 Å². The SMILES string of the molecule is CC.CC(=O)N1CCN(C(=O)OC(C)(C)C)C(CO)C1. The predicted molar refractivity (Wildman–Crippen MR) is 77.4 cm³/mol. The van der Waals surface area contributed by atoms with Crippen LogP contribution in [0.2, 0.25) is 0 Å². The van der Waals surface area contributed by atoms with Crippen molar-refractivity contribution in [3.05, 3.63) is 0 Å². The van der Waals surface area contributed by atoms with E-state index >= 15 is 0 Å². The highest BCUT2D eigenvalue weighted by molar-refractivity contribution is 5.74. The Labute approximate surface area is 121 Å². The van der Waals surface area contributed by atoms with Crippen LogP contribution in [0.15, 0.2) is 0 Å². The molecule has 1 aliphatic heterocycles. The molecule has 1 rings (SSSR count).